The van der Waals surface area contributed by atoms with Crippen molar-refractivity contribution in [2.75, 3.05) is 11.1 Å². The van der Waals surface area contributed by atoms with Gasteiger partial charge < -0.3 is 11.1 Å². The van der Waals surface area contributed by atoms with Crippen molar-refractivity contribution >= 4 is 52.3 Å². The summed E-state index contributed by atoms with van der Waals surface area (Å²) in [6.45, 7) is 0. The maximum Gasteiger partial charge on any atom is 0.316 e. The number of amides is 3. The molecule has 118 valence electrons. The molecule has 3 amide bonds. The minimum Gasteiger partial charge on any atom is -0.399 e. The van der Waals surface area contributed by atoms with Crippen molar-refractivity contribution in [3.8, 4) is 0 Å². The fourth-order valence-corrected chi connectivity index (χ4v) is 2.09. The average Bonchev–Trinajstić information content (AvgIpc) is 2.50. The molecule has 0 saturated carbocycles. The van der Waals surface area contributed by atoms with Crippen molar-refractivity contribution in [3.63, 3.8) is 0 Å². The number of benzene rings is 2. The summed E-state index contributed by atoms with van der Waals surface area (Å²) < 4.78 is 0. The molecule has 2 aromatic carbocycles. The first-order valence-corrected chi connectivity index (χ1v) is 7.09. The summed E-state index contributed by atoms with van der Waals surface area (Å²) in [6.07, 6.45) is 0. The molecule has 6 nitrogen and oxygen atoms in total. The predicted octanol–water partition coefficient (Wildman–Crippen LogP) is 2.47. The van der Waals surface area contributed by atoms with Gasteiger partial charge in [-0.05, 0) is 42.5 Å². The van der Waals surface area contributed by atoms with Gasteiger partial charge in [0.1, 0.15) is 0 Å². The number of hydrogen-bond donors (Lipinski definition) is 3. The number of imide groups is 1. The van der Waals surface area contributed by atoms with Gasteiger partial charge >= 0.3 is 11.8 Å². The maximum atomic E-state index is 11.8. The number of hydrogen-bond acceptors (Lipinski definition) is 4. The van der Waals surface area contributed by atoms with Crippen LogP contribution in [0.15, 0.2) is 42.5 Å². The van der Waals surface area contributed by atoms with Gasteiger partial charge in [-0.25, -0.2) is 0 Å². The molecule has 0 fully saturated rings. The molecule has 0 aliphatic heterocycles. The summed E-state index contributed by atoms with van der Waals surface area (Å²) >= 11 is 11.6. The lowest BCUT2D eigenvalue weighted by atomic mass is 10.2. The zero-order valence-corrected chi connectivity index (χ0v) is 13.1. The monoisotopic (exact) mass is 351 g/mol. The number of anilines is 2. The summed E-state index contributed by atoms with van der Waals surface area (Å²) in [4.78, 5) is 35.4. The molecule has 8 heteroatoms. The van der Waals surface area contributed by atoms with Crippen LogP contribution in [0, 0.1) is 0 Å². The lowest BCUT2D eigenvalue weighted by Gasteiger charge is -2.07. The molecule has 2 rings (SSSR count). The van der Waals surface area contributed by atoms with E-state index >= 15 is 0 Å². The van der Waals surface area contributed by atoms with E-state index in [-0.39, 0.29) is 16.3 Å². The number of halogens is 2. The Morgan fingerprint density at radius 3 is 2.17 bits per heavy atom. The third-order valence-corrected chi connectivity index (χ3v) is 3.33. The predicted molar refractivity (Wildman–Crippen MR) is 88.4 cm³/mol. The highest BCUT2D eigenvalue weighted by Crippen LogP contribution is 2.25. The van der Waals surface area contributed by atoms with Gasteiger partial charge in [-0.2, -0.15) is 0 Å². The normalized spacial score (nSPS) is 10.0. The molecule has 0 atom stereocenters. The molecule has 0 unspecified atom stereocenters. The second-order valence-electron chi connectivity index (χ2n) is 4.48. The average molecular weight is 352 g/mol. The number of nitrogen functional groups attached to an aromatic ring is 1. The largest absolute Gasteiger partial charge is 0.399 e. The Morgan fingerprint density at radius 1 is 0.913 bits per heavy atom. The van der Waals surface area contributed by atoms with E-state index in [0.29, 0.717) is 10.7 Å². The van der Waals surface area contributed by atoms with Crippen LogP contribution in [0.25, 0.3) is 0 Å². The van der Waals surface area contributed by atoms with Gasteiger partial charge in [0.15, 0.2) is 0 Å². The second kappa shape index (κ2) is 7.13. The van der Waals surface area contributed by atoms with E-state index in [1.807, 2.05) is 5.32 Å². The topological polar surface area (TPSA) is 101 Å². The molecule has 0 aliphatic rings. The standard InChI is InChI=1S/C15H11Cl2N3O3/c16-9-3-6-12(11(17)7-9)19-14(22)15(23)20-13(21)8-1-4-10(18)5-2-8/h1-7H,18H2,(H,19,22)(H,20,21,23). The Bertz CT molecular complexity index is 776. The lowest BCUT2D eigenvalue weighted by Crippen LogP contribution is -2.39. The number of carbonyl (C=O) groups is 3. The SMILES string of the molecule is Nc1ccc(C(=O)NC(=O)C(=O)Nc2ccc(Cl)cc2Cl)cc1. The van der Waals surface area contributed by atoms with Gasteiger partial charge in [0.05, 0.1) is 10.7 Å². The van der Waals surface area contributed by atoms with E-state index in [2.05, 4.69) is 5.32 Å². The number of rotatable bonds is 2. The third-order valence-electron chi connectivity index (χ3n) is 2.79. The first kappa shape index (κ1) is 16.8. The molecule has 4 N–H and O–H groups in total. The zero-order valence-electron chi connectivity index (χ0n) is 11.6. The third kappa shape index (κ3) is 4.45. The van der Waals surface area contributed by atoms with E-state index in [9.17, 15) is 14.4 Å². The molecule has 2 aromatic rings. The second-order valence-corrected chi connectivity index (χ2v) is 5.33. The van der Waals surface area contributed by atoms with Crippen LogP contribution in [-0.4, -0.2) is 17.7 Å². The highest BCUT2D eigenvalue weighted by atomic mass is 35.5. The molecule has 0 saturated heterocycles. The highest BCUT2D eigenvalue weighted by Gasteiger charge is 2.18. The van der Waals surface area contributed by atoms with Gasteiger partial charge in [-0.15, -0.1) is 0 Å². The summed E-state index contributed by atoms with van der Waals surface area (Å²) in [6, 6.07) is 10.2. The Kier molecular flexibility index (Phi) is 5.20. The summed E-state index contributed by atoms with van der Waals surface area (Å²) in [7, 11) is 0. The van der Waals surface area contributed by atoms with Gasteiger partial charge in [0.2, 0.25) is 0 Å². The van der Waals surface area contributed by atoms with Crippen molar-refractivity contribution in [1.29, 1.82) is 0 Å². The first-order chi connectivity index (χ1) is 10.9. The Morgan fingerprint density at radius 2 is 1.57 bits per heavy atom. The van der Waals surface area contributed by atoms with E-state index in [0.717, 1.165) is 0 Å². The molecular formula is C15H11Cl2N3O3. The van der Waals surface area contributed by atoms with Crippen LogP contribution >= 0.6 is 23.2 Å². The zero-order chi connectivity index (χ0) is 17.0. The molecule has 0 radical (unpaired) electrons. The number of carbonyl (C=O) groups excluding carboxylic acids is 3. The van der Waals surface area contributed by atoms with Crippen molar-refractivity contribution in [3.05, 3.63) is 58.1 Å². The van der Waals surface area contributed by atoms with Gasteiger partial charge in [-0.1, -0.05) is 23.2 Å². The molecule has 0 bridgehead atoms. The van der Waals surface area contributed by atoms with Crippen molar-refractivity contribution < 1.29 is 14.4 Å². The van der Waals surface area contributed by atoms with E-state index in [1.54, 1.807) is 0 Å². The van der Waals surface area contributed by atoms with Crippen LogP contribution in [0.1, 0.15) is 10.4 Å². The fraction of sp³-hybridized carbons (Fsp3) is 0. The Hall–Kier alpha value is -2.57. The Balaban J connectivity index is 2.01. The number of nitrogens with one attached hydrogen (secondary N) is 2. The van der Waals surface area contributed by atoms with Crippen LogP contribution in [0.3, 0.4) is 0 Å². The van der Waals surface area contributed by atoms with Crippen LogP contribution in [0.5, 0.6) is 0 Å². The summed E-state index contributed by atoms with van der Waals surface area (Å²) in [5.41, 5.74) is 6.38. The summed E-state index contributed by atoms with van der Waals surface area (Å²) in [5, 5.41) is 4.81. The van der Waals surface area contributed by atoms with E-state index in [1.165, 1.54) is 42.5 Å². The van der Waals surface area contributed by atoms with Crippen LogP contribution in [0.4, 0.5) is 11.4 Å². The van der Waals surface area contributed by atoms with E-state index in [4.69, 9.17) is 28.9 Å². The van der Waals surface area contributed by atoms with Gasteiger partial charge in [-0.3, -0.25) is 19.7 Å². The fourth-order valence-electron chi connectivity index (χ4n) is 1.64. The molecule has 23 heavy (non-hydrogen) atoms. The van der Waals surface area contributed by atoms with Crippen molar-refractivity contribution in [1.82, 2.24) is 5.32 Å². The molecule has 0 aliphatic carbocycles. The molecule has 0 spiro atoms. The van der Waals surface area contributed by atoms with Gasteiger partial charge in [0.25, 0.3) is 5.91 Å². The lowest BCUT2D eigenvalue weighted by molar-refractivity contribution is -0.135. The number of nitrogens with two attached hydrogens (primary N) is 1. The van der Waals surface area contributed by atoms with Crippen LogP contribution in [-0.2, 0) is 9.59 Å². The van der Waals surface area contributed by atoms with E-state index < -0.39 is 17.7 Å². The molecule has 0 heterocycles. The minimum atomic E-state index is -1.11. The quantitative estimate of drug-likeness (QED) is 0.571. The van der Waals surface area contributed by atoms with Crippen molar-refractivity contribution in [2.24, 2.45) is 0 Å². The van der Waals surface area contributed by atoms with Gasteiger partial charge in [0, 0.05) is 16.3 Å². The van der Waals surface area contributed by atoms with Crippen LogP contribution in [0.2, 0.25) is 10.0 Å². The van der Waals surface area contributed by atoms with Crippen molar-refractivity contribution in [2.45, 2.75) is 0 Å². The smallest absolute Gasteiger partial charge is 0.316 e. The molecular weight excluding hydrogens is 341 g/mol. The summed E-state index contributed by atoms with van der Waals surface area (Å²) in [5.74, 6) is -2.86. The first-order valence-electron chi connectivity index (χ1n) is 6.34. The molecule has 0 aromatic heterocycles. The highest BCUT2D eigenvalue weighted by molar-refractivity contribution is 6.44. The maximum absolute atomic E-state index is 11.8. The minimum absolute atomic E-state index is 0.170. The van der Waals surface area contributed by atoms with Crippen LogP contribution < -0.4 is 16.4 Å². The Labute approximate surface area is 141 Å².